The summed E-state index contributed by atoms with van der Waals surface area (Å²) in [4.78, 5) is 46.4. The van der Waals surface area contributed by atoms with Crippen LogP contribution in [0.2, 0.25) is 0 Å². The summed E-state index contributed by atoms with van der Waals surface area (Å²) in [5, 5.41) is 2.99. The van der Waals surface area contributed by atoms with Gasteiger partial charge >= 0.3 is 0 Å². The zero-order valence-electron chi connectivity index (χ0n) is 21.1. The van der Waals surface area contributed by atoms with Crippen molar-refractivity contribution in [2.45, 2.75) is 117 Å². The van der Waals surface area contributed by atoms with Crippen molar-refractivity contribution in [2.75, 3.05) is 13.2 Å². The molecule has 1 unspecified atom stereocenters. The molecule has 3 atom stereocenters. The Balaban J connectivity index is 2.05. The summed E-state index contributed by atoms with van der Waals surface area (Å²) in [6, 6.07) is -0.524. The van der Waals surface area contributed by atoms with Gasteiger partial charge in [0.1, 0.15) is 6.04 Å². The van der Waals surface area contributed by atoms with Crippen molar-refractivity contribution < 1.29 is 24.0 Å². The summed E-state index contributed by atoms with van der Waals surface area (Å²) in [5.41, 5.74) is 2.47. The number of carbonyl (C=O) groups excluding carboxylic acids is 3. The molecule has 2 fully saturated rings. The predicted molar refractivity (Wildman–Crippen MR) is 127 cm³/mol. The van der Waals surface area contributed by atoms with Crippen molar-refractivity contribution in [1.82, 2.24) is 15.7 Å². The predicted octanol–water partition coefficient (Wildman–Crippen LogP) is 3.69. The maximum atomic E-state index is 13.3. The first-order chi connectivity index (χ1) is 15.8. The highest BCUT2D eigenvalue weighted by Gasteiger charge is 2.32. The molecule has 0 aromatic heterocycles. The third-order valence-electron chi connectivity index (χ3n) is 6.58. The first kappa shape index (κ1) is 27.6. The van der Waals surface area contributed by atoms with Gasteiger partial charge in [0.15, 0.2) is 6.29 Å². The number of carbonyl (C=O) groups is 3. The first-order valence-corrected chi connectivity index (χ1v) is 13.0. The molecule has 0 aromatic carbocycles. The van der Waals surface area contributed by atoms with E-state index in [0.717, 1.165) is 57.8 Å². The molecule has 0 aliphatic carbocycles. The highest BCUT2D eigenvalue weighted by atomic mass is 16.8. The van der Waals surface area contributed by atoms with Crippen LogP contribution in [0, 0.1) is 11.8 Å². The van der Waals surface area contributed by atoms with E-state index in [1.807, 2.05) is 32.6 Å². The molecule has 2 aliphatic rings. The fourth-order valence-corrected chi connectivity index (χ4v) is 4.49. The van der Waals surface area contributed by atoms with Crippen LogP contribution in [-0.2, 0) is 24.0 Å². The Labute approximate surface area is 199 Å². The van der Waals surface area contributed by atoms with Crippen LogP contribution in [0.1, 0.15) is 98.3 Å². The smallest absolute Gasteiger partial charge is 0.245 e. The number of hydroxylamine groups is 1. The van der Waals surface area contributed by atoms with Gasteiger partial charge in [-0.05, 0) is 45.4 Å². The topological polar surface area (TPSA) is 97.0 Å². The Morgan fingerprint density at radius 2 is 1.70 bits per heavy atom. The van der Waals surface area contributed by atoms with E-state index in [1.54, 1.807) is 0 Å². The Hall–Kier alpha value is -1.67. The van der Waals surface area contributed by atoms with E-state index in [4.69, 9.17) is 9.57 Å². The molecule has 8 heteroatoms. The quantitative estimate of drug-likeness (QED) is 0.581. The van der Waals surface area contributed by atoms with Crippen LogP contribution in [-0.4, -0.2) is 54.1 Å². The van der Waals surface area contributed by atoms with Crippen LogP contribution in [0.3, 0.4) is 0 Å². The summed E-state index contributed by atoms with van der Waals surface area (Å²) in [6.07, 6.45) is 9.21. The number of hydrogen-bond donors (Lipinski definition) is 2. The van der Waals surface area contributed by atoms with Gasteiger partial charge in [-0.1, -0.05) is 46.0 Å². The van der Waals surface area contributed by atoms with E-state index in [1.165, 1.54) is 0 Å². The maximum Gasteiger partial charge on any atom is 0.245 e. The Bertz CT molecular complexity index is 619. The zero-order chi connectivity index (χ0) is 24.2. The maximum absolute atomic E-state index is 13.3. The van der Waals surface area contributed by atoms with Gasteiger partial charge < -0.3 is 15.0 Å². The Morgan fingerprint density at radius 3 is 2.33 bits per heavy atom. The van der Waals surface area contributed by atoms with Crippen molar-refractivity contribution in [3.63, 3.8) is 0 Å². The largest absolute Gasteiger partial charge is 0.350 e. The van der Waals surface area contributed by atoms with Crippen LogP contribution in [0.15, 0.2) is 0 Å². The number of nitrogens with zero attached hydrogens (tertiary/aromatic N) is 1. The molecule has 0 radical (unpaired) electrons. The molecule has 2 saturated heterocycles. The van der Waals surface area contributed by atoms with E-state index in [0.29, 0.717) is 19.6 Å². The number of ether oxygens (including phenoxy) is 1. The minimum absolute atomic E-state index is 0.0332. The molecule has 33 heavy (non-hydrogen) atoms. The van der Waals surface area contributed by atoms with Gasteiger partial charge in [-0.25, -0.2) is 10.3 Å². The highest BCUT2D eigenvalue weighted by Crippen LogP contribution is 2.20. The molecule has 0 spiro atoms. The van der Waals surface area contributed by atoms with E-state index < -0.39 is 18.2 Å². The third kappa shape index (κ3) is 9.61. The van der Waals surface area contributed by atoms with Crippen LogP contribution >= 0.6 is 0 Å². The molecular formula is C25H45N3O5. The van der Waals surface area contributed by atoms with Crippen LogP contribution in [0.25, 0.3) is 0 Å². The monoisotopic (exact) mass is 467 g/mol. The van der Waals surface area contributed by atoms with Gasteiger partial charge in [0.2, 0.25) is 17.7 Å². The molecule has 8 nitrogen and oxygen atoms in total. The fraction of sp³-hybridized carbons (Fsp3) is 0.880. The van der Waals surface area contributed by atoms with Gasteiger partial charge in [0.25, 0.3) is 0 Å². The van der Waals surface area contributed by atoms with Gasteiger partial charge in [-0.15, -0.1) is 0 Å². The van der Waals surface area contributed by atoms with E-state index >= 15 is 0 Å². The number of amides is 3. The van der Waals surface area contributed by atoms with E-state index in [-0.39, 0.29) is 36.1 Å². The standard InChI is InChI=1S/C25H45N3O5/c1-18(2)23-25(31)28(19(3)4)15-11-8-6-5-7-9-13-20(24(30)26-23)17-21(29)27-33-22-14-10-12-16-32-22/h18-20,22-23H,5-17H2,1-4H3,(H,26,30)(H,27,29)/t20-,22?,23+/m1/s1. The van der Waals surface area contributed by atoms with Gasteiger partial charge in [0, 0.05) is 38.0 Å². The van der Waals surface area contributed by atoms with Gasteiger partial charge in [-0.2, -0.15) is 0 Å². The third-order valence-corrected chi connectivity index (χ3v) is 6.58. The SMILES string of the molecule is CC(C)[C@@H]1NC(=O)[C@@H](CC(=O)NOC2CCCCO2)CCCCCCCCN(C(C)C)C1=O. The summed E-state index contributed by atoms with van der Waals surface area (Å²) in [5.74, 6) is -1.14. The molecule has 2 N–H and O–H groups in total. The molecule has 2 rings (SSSR count). The van der Waals surface area contributed by atoms with Crippen LogP contribution < -0.4 is 10.8 Å². The number of hydrogen-bond acceptors (Lipinski definition) is 5. The Morgan fingerprint density at radius 1 is 1.03 bits per heavy atom. The molecule has 3 amide bonds. The van der Waals surface area contributed by atoms with Crippen molar-refractivity contribution in [3.8, 4) is 0 Å². The second kappa shape index (κ2) is 14.6. The van der Waals surface area contributed by atoms with Gasteiger partial charge in [0.05, 0.1) is 0 Å². The average molecular weight is 468 g/mol. The Kier molecular flexibility index (Phi) is 12.2. The van der Waals surface area contributed by atoms with E-state index in [2.05, 4.69) is 10.8 Å². The minimum atomic E-state index is -0.597. The number of rotatable bonds is 6. The normalized spacial score (nSPS) is 26.7. The minimum Gasteiger partial charge on any atom is -0.350 e. The highest BCUT2D eigenvalue weighted by molar-refractivity contribution is 5.90. The molecule has 0 bridgehead atoms. The summed E-state index contributed by atoms with van der Waals surface area (Å²) in [7, 11) is 0. The second-order valence-electron chi connectivity index (χ2n) is 10.1. The lowest BCUT2D eigenvalue weighted by atomic mass is 9.93. The van der Waals surface area contributed by atoms with Crippen molar-refractivity contribution in [2.24, 2.45) is 11.8 Å². The molecule has 0 aromatic rings. The molecule has 2 aliphatic heterocycles. The lowest BCUT2D eigenvalue weighted by Gasteiger charge is -2.33. The first-order valence-electron chi connectivity index (χ1n) is 13.0. The molecule has 2 heterocycles. The lowest BCUT2D eigenvalue weighted by Crippen LogP contribution is -2.54. The molecule has 190 valence electrons. The summed E-state index contributed by atoms with van der Waals surface area (Å²) < 4.78 is 5.48. The van der Waals surface area contributed by atoms with Crippen molar-refractivity contribution in [3.05, 3.63) is 0 Å². The fourth-order valence-electron chi connectivity index (χ4n) is 4.49. The van der Waals surface area contributed by atoms with Crippen molar-refractivity contribution >= 4 is 17.7 Å². The number of nitrogens with one attached hydrogen (secondary N) is 2. The molecule has 0 saturated carbocycles. The summed E-state index contributed by atoms with van der Waals surface area (Å²) in [6.45, 7) is 9.27. The lowest BCUT2D eigenvalue weighted by molar-refractivity contribution is -0.200. The van der Waals surface area contributed by atoms with E-state index in [9.17, 15) is 14.4 Å². The summed E-state index contributed by atoms with van der Waals surface area (Å²) >= 11 is 0. The molecular weight excluding hydrogens is 422 g/mol. The van der Waals surface area contributed by atoms with Crippen LogP contribution in [0.4, 0.5) is 0 Å². The van der Waals surface area contributed by atoms with Crippen LogP contribution in [0.5, 0.6) is 0 Å². The van der Waals surface area contributed by atoms with Gasteiger partial charge in [-0.3, -0.25) is 14.4 Å². The second-order valence-corrected chi connectivity index (χ2v) is 10.1. The average Bonchev–Trinajstić information content (AvgIpc) is 2.78. The zero-order valence-corrected chi connectivity index (χ0v) is 21.1. The van der Waals surface area contributed by atoms with Crippen molar-refractivity contribution in [1.29, 1.82) is 0 Å².